The number of hydrogen-bond donors (Lipinski definition) is 1. The summed E-state index contributed by atoms with van der Waals surface area (Å²) in [4.78, 5) is 31.6. The van der Waals surface area contributed by atoms with Crippen LogP contribution in [0.1, 0.15) is 29.8 Å². The normalized spacial score (nSPS) is 17.7. The number of carboxylic acid groups (broad SMARTS) is 1. The fraction of sp³-hybridized carbons (Fsp3) is 0.421. The molecule has 3 rings (SSSR count). The maximum absolute atomic E-state index is 13.2. The number of carboxylic acids is 1. The summed E-state index contributed by atoms with van der Waals surface area (Å²) < 4.78 is 14.8. The van der Waals surface area contributed by atoms with E-state index in [9.17, 15) is 14.0 Å². The van der Waals surface area contributed by atoms with Crippen LogP contribution in [-0.4, -0.2) is 69.1 Å². The van der Waals surface area contributed by atoms with Gasteiger partial charge in [-0.3, -0.25) is 19.1 Å². The molecule has 2 heterocycles. The van der Waals surface area contributed by atoms with Gasteiger partial charge in [-0.05, 0) is 50.6 Å². The lowest BCUT2D eigenvalue weighted by atomic mass is 10.1. The van der Waals surface area contributed by atoms with Gasteiger partial charge in [0.05, 0.1) is 19.1 Å². The molecule has 1 atom stereocenters. The molecule has 1 unspecified atom stereocenters. The van der Waals surface area contributed by atoms with Gasteiger partial charge in [0.1, 0.15) is 11.5 Å². The molecule has 0 radical (unpaired) electrons. The lowest BCUT2D eigenvalue weighted by Gasteiger charge is -2.25. The molecule has 0 saturated carbocycles. The zero-order valence-corrected chi connectivity index (χ0v) is 15.2. The van der Waals surface area contributed by atoms with E-state index < -0.39 is 5.97 Å². The van der Waals surface area contributed by atoms with Crippen molar-refractivity contribution in [3.63, 3.8) is 0 Å². The molecule has 1 aromatic heterocycles. The topological polar surface area (TPSA) is 78.7 Å². The fourth-order valence-electron chi connectivity index (χ4n) is 3.49. The summed E-state index contributed by atoms with van der Waals surface area (Å²) in [5, 5.41) is 8.97. The van der Waals surface area contributed by atoms with Crippen molar-refractivity contribution in [2.75, 3.05) is 26.7 Å². The van der Waals surface area contributed by atoms with Gasteiger partial charge in [0.25, 0.3) is 5.91 Å². The summed E-state index contributed by atoms with van der Waals surface area (Å²) in [6.45, 7) is 1.17. The van der Waals surface area contributed by atoms with Crippen molar-refractivity contribution in [2.24, 2.45) is 0 Å². The molecule has 1 amide bonds. The Morgan fingerprint density at radius 2 is 2.00 bits per heavy atom. The van der Waals surface area contributed by atoms with E-state index in [-0.39, 0.29) is 24.3 Å². The Labute approximate surface area is 157 Å². The van der Waals surface area contributed by atoms with Gasteiger partial charge in [0.2, 0.25) is 0 Å². The van der Waals surface area contributed by atoms with Gasteiger partial charge in [-0.25, -0.2) is 9.37 Å². The number of nitrogens with zero attached hydrogens (tertiary/aromatic N) is 4. The van der Waals surface area contributed by atoms with E-state index in [1.165, 1.54) is 18.3 Å². The first kappa shape index (κ1) is 19.0. The van der Waals surface area contributed by atoms with Gasteiger partial charge in [-0.1, -0.05) is 0 Å². The van der Waals surface area contributed by atoms with Crippen molar-refractivity contribution in [1.82, 2.24) is 19.4 Å². The first-order valence-electron chi connectivity index (χ1n) is 8.95. The summed E-state index contributed by atoms with van der Waals surface area (Å²) in [7, 11) is 1.81. The lowest BCUT2D eigenvalue weighted by molar-refractivity contribution is -0.138. The molecular weight excluding hydrogens is 351 g/mol. The smallest absolute Gasteiger partial charge is 0.317 e. The molecule has 27 heavy (non-hydrogen) atoms. The Morgan fingerprint density at radius 1 is 1.26 bits per heavy atom. The maximum atomic E-state index is 13.2. The molecule has 1 saturated heterocycles. The number of benzene rings is 1. The molecule has 1 fully saturated rings. The second kappa shape index (κ2) is 8.30. The molecule has 0 spiro atoms. The van der Waals surface area contributed by atoms with Crippen molar-refractivity contribution in [2.45, 2.75) is 25.3 Å². The number of likely N-dealkylation sites (N-methyl/N-ethyl adjacent to an activating group) is 1. The molecule has 1 aliphatic heterocycles. The minimum Gasteiger partial charge on any atom is -0.480 e. The maximum Gasteiger partial charge on any atom is 0.317 e. The van der Waals surface area contributed by atoms with Gasteiger partial charge in [0.15, 0.2) is 0 Å². The average molecular weight is 374 g/mol. The van der Waals surface area contributed by atoms with Crippen LogP contribution in [-0.2, 0) is 4.79 Å². The van der Waals surface area contributed by atoms with Crippen LogP contribution in [0.2, 0.25) is 0 Å². The number of likely N-dealkylation sites (tertiary alicyclic amines) is 1. The number of rotatable bonds is 5. The zero-order valence-electron chi connectivity index (χ0n) is 15.2. The second-order valence-corrected chi connectivity index (χ2v) is 6.81. The predicted molar refractivity (Wildman–Crippen MR) is 97.3 cm³/mol. The second-order valence-electron chi connectivity index (χ2n) is 6.81. The predicted octanol–water partition coefficient (Wildman–Crippen LogP) is 2.02. The Balaban J connectivity index is 1.71. The average Bonchev–Trinajstić information content (AvgIpc) is 2.98. The molecule has 7 nitrogen and oxygen atoms in total. The van der Waals surface area contributed by atoms with E-state index in [0.29, 0.717) is 24.5 Å². The van der Waals surface area contributed by atoms with Gasteiger partial charge in [0, 0.05) is 24.8 Å². The number of imidazole rings is 1. The molecule has 144 valence electrons. The van der Waals surface area contributed by atoms with E-state index in [0.717, 1.165) is 19.3 Å². The minimum absolute atomic E-state index is 0.00402. The Kier molecular flexibility index (Phi) is 5.85. The highest BCUT2D eigenvalue weighted by atomic mass is 19.1. The quantitative estimate of drug-likeness (QED) is 0.866. The Morgan fingerprint density at radius 3 is 2.70 bits per heavy atom. The third-order valence-electron chi connectivity index (χ3n) is 4.96. The van der Waals surface area contributed by atoms with Crippen molar-refractivity contribution < 1.29 is 19.1 Å². The van der Waals surface area contributed by atoms with Crippen molar-refractivity contribution in [3.8, 4) is 5.69 Å². The third kappa shape index (κ3) is 4.51. The van der Waals surface area contributed by atoms with E-state index in [1.807, 2.05) is 4.90 Å². The number of carbonyl (C=O) groups is 2. The SMILES string of the molecule is CN(CC(=O)O)C1CCCN(C(=O)c2cncn2-c2ccc(F)cc2)CC1. The highest BCUT2D eigenvalue weighted by molar-refractivity contribution is 5.93. The summed E-state index contributed by atoms with van der Waals surface area (Å²) in [5.41, 5.74) is 1.10. The number of aliphatic carboxylic acids is 1. The highest BCUT2D eigenvalue weighted by Crippen LogP contribution is 2.19. The molecule has 8 heteroatoms. The third-order valence-corrected chi connectivity index (χ3v) is 4.96. The van der Waals surface area contributed by atoms with Gasteiger partial charge in [-0.2, -0.15) is 0 Å². The lowest BCUT2D eigenvalue weighted by Crippen LogP contribution is -2.37. The first-order valence-corrected chi connectivity index (χ1v) is 8.95. The largest absolute Gasteiger partial charge is 0.480 e. The van der Waals surface area contributed by atoms with E-state index >= 15 is 0 Å². The molecule has 2 aromatic rings. The van der Waals surface area contributed by atoms with Crippen LogP contribution in [0, 0.1) is 5.82 Å². The first-order chi connectivity index (χ1) is 13.0. The van der Waals surface area contributed by atoms with E-state index in [1.54, 1.807) is 35.0 Å². The van der Waals surface area contributed by atoms with Crippen molar-refractivity contribution in [3.05, 3.63) is 48.3 Å². The highest BCUT2D eigenvalue weighted by Gasteiger charge is 2.26. The summed E-state index contributed by atoms with van der Waals surface area (Å²) in [6.07, 6.45) is 5.45. The summed E-state index contributed by atoms with van der Waals surface area (Å²) in [6, 6.07) is 6.04. The molecule has 1 aromatic carbocycles. The van der Waals surface area contributed by atoms with Crippen LogP contribution in [0.4, 0.5) is 4.39 Å². The van der Waals surface area contributed by atoms with Crippen LogP contribution >= 0.6 is 0 Å². The van der Waals surface area contributed by atoms with Crippen LogP contribution in [0.5, 0.6) is 0 Å². The molecule has 0 bridgehead atoms. The zero-order chi connectivity index (χ0) is 19.4. The summed E-state index contributed by atoms with van der Waals surface area (Å²) in [5.74, 6) is -1.31. The summed E-state index contributed by atoms with van der Waals surface area (Å²) >= 11 is 0. The van der Waals surface area contributed by atoms with Gasteiger partial charge < -0.3 is 10.0 Å². The Bertz CT molecular complexity index is 806. The van der Waals surface area contributed by atoms with Crippen LogP contribution in [0.3, 0.4) is 0 Å². The Hall–Kier alpha value is -2.74. The number of aromatic nitrogens is 2. The van der Waals surface area contributed by atoms with Crippen molar-refractivity contribution >= 4 is 11.9 Å². The monoisotopic (exact) mass is 374 g/mol. The number of carbonyl (C=O) groups excluding carboxylic acids is 1. The molecular formula is C19H23FN4O3. The standard InChI is InChI=1S/C19H23FN4O3/c1-22(12-18(25)26)15-3-2-9-23(10-8-15)19(27)17-11-21-13-24(17)16-6-4-14(20)5-7-16/h4-7,11,13,15H,2-3,8-10,12H2,1H3,(H,25,26). The van der Waals surface area contributed by atoms with Crippen molar-refractivity contribution in [1.29, 1.82) is 0 Å². The van der Waals surface area contributed by atoms with E-state index in [4.69, 9.17) is 5.11 Å². The fourth-order valence-corrected chi connectivity index (χ4v) is 3.49. The molecule has 1 N–H and O–H groups in total. The van der Waals surface area contributed by atoms with E-state index in [2.05, 4.69) is 4.98 Å². The minimum atomic E-state index is -0.849. The molecule has 0 aliphatic carbocycles. The van der Waals surface area contributed by atoms with Gasteiger partial charge in [-0.15, -0.1) is 0 Å². The van der Waals surface area contributed by atoms with Crippen LogP contribution in [0.15, 0.2) is 36.8 Å². The van der Waals surface area contributed by atoms with Gasteiger partial charge >= 0.3 is 5.97 Å². The molecule has 1 aliphatic rings. The van der Waals surface area contributed by atoms with Crippen LogP contribution in [0.25, 0.3) is 5.69 Å². The van der Waals surface area contributed by atoms with Crippen LogP contribution < -0.4 is 0 Å². The number of halogens is 1. The number of hydrogen-bond acceptors (Lipinski definition) is 4. The number of amides is 1.